The summed E-state index contributed by atoms with van der Waals surface area (Å²) in [7, 11) is 0. The second-order valence-electron chi connectivity index (χ2n) is 12.1. The first-order chi connectivity index (χ1) is 22.7. The number of imide groups is 2. The van der Waals surface area contributed by atoms with E-state index in [1.165, 1.54) is 6.08 Å². The van der Waals surface area contributed by atoms with Crippen LogP contribution in [0.2, 0.25) is 0 Å². The lowest BCUT2D eigenvalue weighted by molar-refractivity contribution is -0.141. The van der Waals surface area contributed by atoms with Gasteiger partial charge < -0.3 is 5.11 Å². The van der Waals surface area contributed by atoms with Crippen molar-refractivity contribution in [3.8, 4) is 5.75 Å². The normalized spacial score (nSPS) is 29.6. The highest BCUT2D eigenvalue weighted by atomic mass is 35.5. The molecule has 15 heteroatoms. The van der Waals surface area contributed by atoms with Gasteiger partial charge in [-0.25, -0.2) is 31.2 Å². The Kier molecular flexibility index (Phi) is 7.26. The van der Waals surface area contributed by atoms with Gasteiger partial charge in [0, 0.05) is 11.5 Å². The van der Waals surface area contributed by atoms with Crippen LogP contribution in [0.5, 0.6) is 5.75 Å². The number of carbonyl (C=O) groups is 4. The van der Waals surface area contributed by atoms with E-state index in [-0.39, 0.29) is 23.4 Å². The minimum absolute atomic E-state index is 0.0894. The van der Waals surface area contributed by atoms with Gasteiger partial charge in [-0.1, -0.05) is 54.1 Å². The molecule has 4 amide bonds. The number of para-hydroxylation sites is 1. The van der Waals surface area contributed by atoms with Crippen molar-refractivity contribution in [3.63, 3.8) is 0 Å². The van der Waals surface area contributed by atoms with Gasteiger partial charge in [0.1, 0.15) is 5.69 Å². The maximum atomic E-state index is 15.1. The van der Waals surface area contributed by atoms with Crippen molar-refractivity contribution in [2.75, 3.05) is 4.90 Å². The van der Waals surface area contributed by atoms with Crippen LogP contribution >= 0.6 is 23.2 Å². The number of phenolic OH excluding ortho intramolecular Hbond substituents is 1. The van der Waals surface area contributed by atoms with Crippen LogP contribution in [0.25, 0.3) is 0 Å². The second kappa shape index (κ2) is 10.8. The Labute approximate surface area is 277 Å². The average Bonchev–Trinajstić information content (AvgIpc) is 3.39. The monoisotopic (exact) mass is 708 g/mol. The predicted molar refractivity (Wildman–Crippen MR) is 156 cm³/mol. The fourth-order valence-electron chi connectivity index (χ4n) is 7.66. The Bertz CT molecular complexity index is 1980. The molecule has 2 aliphatic heterocycles. The minimum Gasteiger partial charge on any atom is -0.505 e. The molecule has 3 fully saturated rings. The molecule has 4 aliphatic rings. The summed E-state index contributed by atoms with van der Waals surface area (Å²) in [6.45, 7) is -0.0986. The summed E-state index contributed by atoms with van der Waals surface area (Å²) < 4.78 is 87.7. The molecule has 0 spiro atoms. The lowest BCUT2D eigenvalue weighted by atomic mass is 9.56. The van der Waals surface area contributed by atoms with Gasteiger partial charge >= 0.3 is 0 Å². The number of aromatic hydroxyl groups is 1. The lowest BCUT2D eigenvalue weighted by Crippen LogP contribution is -2.60. The van der Waals surface area contributed by atoms with E-state index >= 15 is 8.78 Å². The third-order valence-electron chi connectivity index (χ3n) is 9.83. The quantitative estimate of drug-likeness (QED) is 0.0898. The number of rotatable bonds is 4. The molecule has 3 aromatic rings. The zero-order valence-corrected chi connectivity index (χ0v) is 25.6. The van der Waals surface area contributed by atoms with Crippen molar-refractivity contribution < 1.29 is 50.6 Å². The number of anilines is 1. The summed E-state index contributed by atoms with van der Waals surface area (Å²) in [5.74, 6) is -24.5. The van der Waals surface area contributed by atoms with Gasteiger partial charge in [-0.3, -0.25) is 24.1 Å². The van der Waals surface area contributed by atoms with E-state index in [1.54, 1.807) is 30.3 Å². The molecule has 0 aromatic heterocycles. The number of hydrogen-bond acceptors (Lipinski definition) is 5. The summed E-state index contributed by atoms with van der Waals surface area (Å²) in [6, 6.07) is 11.7. The number of benzene rings is 3. The number of halogens is 8. The van der Waals surface area contributed by atoms with E-state index in [0.717, 1.165) is 23.1 Å². The first-order valence-corrected chi connectivity index (χ1v) is 15.3. The van der Waals surface area contributed by atoms with Crippen molar-refractivity contribution >= 4 is 52.5 Å². The summed E-state index contributed by atoms with van der Waals surface area (Å²) in [5.41, 5.74) is -1.64. The summed E-state index contributed by atoms with van der Waals surface area (Å²) in [4.78, 5) is 51.0. The molecule has 6 atom stereocenters. The minimum atomic E-state index is -2.87. The number of carbonyl (C=O) groups excluding carboxylic acids is 4. The van der Waals surface area contributed by atoms with Crippen molar-refractivity contribution in [1.29, 1.82) is 0 Å². The largest absolute Gasteiger partial charge is 0.505 e. The molecule has 0 radical (unpaired) electrons. The molecule has 2 saturated heterocycles. The van der Waals surface area contributed by atoms with Crippen molar-refractivity contribution in [2.45, 2.75) is 35.1 Å². The van der Waals surface area contributed by atoms with Crippen molar-refractivity contribution in [2.24, 2.45) is 17.8 Å². The summed E-state index contributed by atoms with van der Waals surface area (Å²) in [6.07, 6.45) is 0.647. The molecule has 0 unspecified atom stereocenters. The van der Waals surface area contributed by atoms with Crippen LogP contribution in [0.4, 0.5) is 32.0 Å². The Balaban J connectivity index is 1.42. The zero-order chi connectivity index (χ0) is 34.6. The fourth-order valence-corrected chi connectivity index (χ4v) is 8.59. The molecule has 3 aromatic carbocycles. The number of likely N-dealkylation sites (tertiary alicyclic amines) is 1. The van der Waals surface area contributed by atoms with Crippen LogP contribution < -0.4 is 4.90 Å². The first kappa shape index (κ1) is 32.2. The average molecular weight is 709 g/mol. The maximum Gasteiger partial charge on any atom is 0.258 e. The van der Waals surface area contributed by atoms with Crippen LogP contribution in [-0.4, -0.2) is 43.4 Å². The Hall–Kier alpha value is -4.36. The van der Waals surface area contributed by atoms with Gasteiger partial charge in [0.15, 0.2) is 44.6 Å². The highest BCUT2D eigenvalue weighted by molar-refractivity contribution is 6.58. The molecule has 1 saturated carbocycles. The third kappa shape index (κ3) is 4.03. The number of alkyl halides is 2. The number of amides is 4. The van der Waals surface area contributed by atoms with Crippen LogP contribution in [-0.2, 0) is 25.7 Å². The number of hydrogen-bond donors (Lipinski definition) is 1. The highest BCUT2D eigenvalue weighted by Gasteiger charge is 2.77. The molecule has 2 aliphatic carbocycles. The summed E-state index contributed by atoms with van der Waals surface area (Å²) >= 11 is 14.0. The second-order valence-corrected chi connectivity index (χ2v) is 13.4. The predicted octanol–water partition coefficient (Wildman–Crippen LogP) is 5.99. The van der Waals surface area contributed by atoms with Gasteiger partial charge in [0.25, 0.3) is 11.8 Å². The van der Waals surface area contributed by atoms with Crippen LogP contribution in [0.3, 0.4) is 0 Å². The Morgan fingerprint density at radius 2 is 1.40 bits per heavy atom. The first-order valence-electron chi connectivity index (χ1n) is 14.5. The van der Waals surface area contributed by atoms with E-state index in [0.29, 0.717) is 5.56 Å². The Morgan fingerprint density at radius 3 is 2.04 bits per heavy atom. The molecular formula is C33H20Cl2F6N2O5. The van der Waals surface area contributed by atoms with Crippen LogP contribution in [0.15, 0.2) is 60.2 Å². The molecular weight excluding hydrogens is 689 g/mol. The van der Waals surface area contributed by atoms with E-state index in [2.05, 4.69) is 0 Å². The standard InChI is InChI=1S/C33H20Cl2F6N2O5/c34-32-11-17-14(9-10-15-19(17)29(46)42(28(15)45)12-13-5-2-1-3-6-13)20(16-7-4-8-18(36)27(16)44)33(32,35)31(48)43(30(32)47)26-24(40)22(38)21(37)23(39)25(26)41/h1-9,15,17,19-20,44H,10-12H2/t15-,17+,19-,20+,32+,33-/m0/s1. The molecule has 2 heterocycles. The van der Waals surface area contributed by atoms with E-state index in [4.69, 9.17) is 23.2 Å². The van der Waals surface area contributed by atoms with Gasteiger partial charge in [0.2, 0.25) is 17.6 Å². The van der Waals surface area contributed by atoms with Crippen LogP contribution in [0, 0.1) is 52.7 Å². The molecule has 7 rings (SSSR count). The summed E-state index contributed by atoms with van der Waals surface area (Å²) in [5, 5.41) is 10.9. The number of phenols is 1. The lowest BCUT2D eigenvalue weighted by Gasteiger charge is -2.50. The third-order valence-corrected chi connectivity index (χ3v) is 11.2. The van der Waals surface area contributed by atoms with E-state index in [9.17, 15) is 41.8 Å². The van der Waals surface area contributed by atoms with Gasteiger partial charge in [0.05, 0.1) is 18.4 Å². The zero-order valence-electron chi connectivity index (χ0n) is 24.1. The molecule has 48 heavy (non-hydrogen) atoms. The highest BCUT2D eigenvalue weighted by Crippen LogP contribution is 2.66. The topological polar surface area (TPSA) is 95.0 Å². The van der Waals surface area contributed by atoms with Gasteiger partial charge in [-0.05, 0) is 30.4 Å². The van der Waals surface area contributed by atoms with E-state index in [1.807, 2.05) is 0 Å². The maximum absolute atomic E-state index is 15.1. The fraction of sp³-hybridized carbons (Fsp3) is 0.273. The van der Waals surface area contributed by atoms with E-state index < -0.39 is 115 Å². The molecule has 1 N–H and O–H groups in total. The van der Waals surface area contributed by atoms with Crippen LogP contribution in [0.1, 0.15) is 29.9 Å². The SMILES string of the molecule is O=C1[C@H]2[C@H](CC=C3[C@H]2C[C@@]2(Cl)C(=O)N(c4c(F)c(F)c(F)c(F)c4F)C(=O)[C@@]2(Cl)[C@H]3c2cccc(F)c2O)C(=O)N1Cc1ccccc1. The number of fused-ring (bicyclic) bond motifs is 4. The smallest absolute Gasteiger partial charge is 0.258 e. The number of allylic oxidation sites excluding steroid dienone is 2. The molecule has 7 nitrogen and oxygen atoms in total. The molecule has 0 bridgehead atoms. The van der Waals surface area contributed by atoms with Crippen molar-refractivity contribution in [3.05, 3.63) is 106 Å². The van der Waals surface area contributed by atoms with Gasteiger partial charge in [-0.15, -0.1) is 23.2 Å². The van der Waals surface area contributed by atoms with Gasteiger partial charge in [-0.2, -0.15) is 0 Å². The van der Waals surface area contributed by atoms with Crippen molar-refractivity contribution in [1.82, 2.24) is 4.90 Å². The molecule has 248 valence electrons. The Morgan fingerprint density at radius 1 is 0.771 bits per heavy atom. The number of nitrogens with zero attached hydrogens (tertiary/aromatic N) is 2.